The van der Waals surface area contributed by atoms with Gasteiger partial charge in [-0.2, -0.15) is 0 Å². The van der Waals surface area contributed by atoms with Crippen LogP contribution in [0.25, 0.3) is 11.0 Å². The zero-order valence-electron chi connectivity index (χ0n) is 19.5. The summed E-state index contributed by atoms with van der Waals surface area (Å²) in [6, 6.07) is 12.2. The summed E-state index contributed by atoms with van der Waals surface area (Å²) in [6.45, 7) is 11.4. The molecule has 0 radical (unpaired) electrons. The Bertz CT molecular complexity index is 995. The third-order valence-electron chi connectivity index (χ3n) is 6.03. The van der Waals surface area contributed by atoms with E-state index in [4.69, 9.17) is 5.73 Å². The van der Waals surface area contributed by atoms with Crippen LogP contribution in [0.1, 0.15) is 82.9 Å². The third-order valence-corrected chi connectivity index (χ3v) is 6.03. The molecule has 0 bridgehead atoms. The number of rotatable bonds is 9. The second-order valence-corrected chi connectivity index (χ2v) is 8.98. The van der Waals surface area contributed by atoms with Crippen LogP contribution in [0, 0.1) is 0 Å². The molecule has 1 atom stereocenters. The number of aromatic nitrogens is 2. The van der Waals surface area contributed by atoms with E-state index in [1.807, 2.05) is 12.3 Å². The standard InChI is InChI=1S/C26H36N4O/c1-6-7-11-21(29-16-14-20-10-9-15-28-25(20)29)17-30(26(27)31)24-22(18(2)3)12-8-13-23(24)19(4)5/h8-10,12-16,18-19,21H,6-7,11,17H2,1-5H3,(H2,27,31). The molecule has 2 N–H and O–H groups in total. The molecule has 1 unspecified atom stereocenters. The van der Waals surface area contributed by atoms with E-state index >= 15 is 0 Å². The van der Waals surface area contributed by atoms with Crippen LogP contribution < -0.4 is 10.6 Å². The van der Waals surface area contributed by atoms with E-state index in [1.165, 1.54) is 0 Å². The van der Waals surface area contributed by atoms with Gasteiger partial charge in [-0.05, 0) is 47.6 Å². The lowest BCUT2D eigenvalue weighted by molar-refractivity contribution is 0.252. The van der Waals surface area contributed by atoms with E-state index in [1.54, 1.807) is 4.90 Å². The predicted octanol–water partition coefficient (Wildman–Crippen LogP) is 6.60. The van der Waals surface area contributed by atoms with Gasteiger partial charge in [-0.3, -0.25) is 4.90 Å². The van der Waals surface area contributed by atoms with E-state index in [9.17, 15) is 4.79 Å². The molecule has 31 heavy (non-hydrogen) atoms. The summed E-state index contributed by atoms with van der Waals surface area (Å²) in [7, 11) is 0. The fourth-order valence-electron chi connectivity index (χ4n) is 4.36. The van der Waals surface area contributed by atoms with Gasteiger partial charge < -0.3 is 10.3 Å². The average molecular weight is 421 g/mol. The van der Waals surface area contributed by atoms with Crippen molar-refractivity contribution in [1.82, 2.24) is 9.55 Å². The molecule has 5 heteroatoms. The topological polar surface area (TPSA) is 64.2 Å². The van der Waals surface area contributed by atoms with Gasteiger partial charge >= 0.3 is 6.03 Å². The first-order chi connectivity index (χ1) is 14.8. The second kappa shape index (κ2) is 9.99. The Balaban J connectivity index is 2.09. The van der Waals surface area contributed by atoms with Gasteiger partial charge in [-0.15, -0.1) is 0 Å². The molecule has 166 valence electrons. The van der Waals surface area contributed by atoms with Gasteiger partial charge in [0.15, 0.2) is 0 Å². The van der Waals surface area contributed by atoms with E-state index < -0.39 is 6.03 Å². The van der Waals surface area contributed by atoms with Crippen LogP contribution in [0.15, 0.2) is 48.8 Å². The number of primary amides is 1. The molecule has 2 amide bonds. The zero-order valence-corrected chi connectivity index (χ0v) is 19.5. The third kappa shape index (κ3) is 4.92. The molecule has 2 aromatic heterocycles. The Morgan fingerprint density at radius 1 is 1.06 bits per heavy atom. The Morgan fingerprint density at radius 2 is 1.74 bits per heavy atom. The molecule has 0 fully saturated rings. The smallest absolute Gasteiger partial charge is 0.319 e. The fourth-order valence-corrected chi connectivity index (χ4v) is 4.36. The van der Waals surface area contributed by atoms with Crippen LogP contribution in [0.5, 0.6) is 0 Å². The van der Waals surface area contributed by atoms with Gasteiger partial charge in [-0.25, -0.2) is 9.78 Å². The number of urea groups is 1. The first kappa shape index (κ1) is 22.9. The Labute approximate surface area is 186 Å². The van der Waals surface area contributed by atoms with Gasteiger partial charge in [0, 0.05) is 24.3 Å². The minimum absolute atomic E-state index is 0.0973. The van der Waals surface area contributed by atoms with Crippen LogP contribution in [0.4, 0.5) is 10.5 Å². The SMILES string of the molecule is CCCCC(CN(C(N)=O)c1c(C(C)C)cccc1C(C)C)n1ccc2cccnc21. The van der Waals surface area contributed by atoms with Crippen molar-refractivity contribution < 1.29 is 4.79 Å². The number of para-hydroxylation sites is 1. The Morgan fingerprint density at radius 3 is 2.32 bits per heavy atom. The van der Waals surface area contributed by atoms with E-state index in [0.29, 0.717) is 18.4 Å². The largest absolute Gasteiger partial charge is 0.351 e. The molecule has 0 aliphatic heterocycles. The van der Waals surface area contributed by atoms with Crippen LogP contribution >= 0.6 is 0 Å². The van der Waals surface area contributed by atoms with Gasteiger partial charge in [0.2, 0.25) is 0 Å². The summed E-state index contributed by atoms with van der Waals surface area (Å²) >= 11 is 0. The van der Waals surface area contributed by atoms with Crippen molar-refractivity contribution in [2.75, 3.05) is 11.4 Å². The first-order valence-electron chi connectivity index (χ1n) is 11.5. The summed E-state index contributed by atoms with van der Waals surface area (Å²) in [5, 5.41) is 1.11. The minimum Gasteiger partial charge on any atom is -0.351 e. The van der Waals surface area contributed by atoms with E-state index in [0.717, 1.165) is 47.1 Å². The van der Waals surface area contributed by atoms with Gasteiger partial charge in [0.05, 0.1) is 11.7 Å². The number of amides is 2. The van der Waals surface area contributed by atoms with Crippen molar-refractivity contribution in [3.05, 3.63) is 59.9 Å². The summed E-state index contributed by atoms with van der Waals surface area (Å²) in [6.07, 6.45) is 7.05. The number of nitrogens with zero attached hydrogens (tertiary/aromatic N) is 3. The van der Waals surface area contributed by atoms with Crippen molar-refractivity contribution in [3.8, 4) is 0 Å². The molecule has 1 aromatic carbocycles. The van der Waals surface area contributed by atoms with Crippen molar-refractivity contribution in [3.63, 3.8) is 0 Å². The molecule has 0 aliphatic rings. The number of hydrogen-bond donors (Lipinski definition) is 1. The maximum absolute atomic E-state index is 12.8. The summed E-state index contributed by atoms with van der Waals surface area (Å²) in [5.74, 6) is 0.581. The quantitative estimate of drug-likeness (QED) is 0.424. The van der Waals surface area contributed by atoms with Gasteiger partial charge in [0.1, 0.15) is 5.65 Å². The van der Waals surface area contributed by atoms with Gasteiger partial charge in [0.25, 0.3) is 0 Å². The van der Waals surface area contributed by atoms with Crippen LogP contribution in [0.2, 0.25) is 0 Å². The molecular weight excluding hydrogens is 384 g/mol. The molecule has 0 saturated carbocycles. The molecule has 0 spiro atoms. The molecule has 5 nitrogen and oxygen atoms in total. The van der Waals surface area contributed by atoms with Crippen molar-refractivity contribution in [1.29, 1.82) is 0 Å². The normalized spacial score (nSPS) is 12.6. The first-order valence-corrected chi connectivity index (χ1v) is 11.5. The van der Waals surface area contributed by atoms with Gasteiger partial charge in [-0.1, -0.05) is 65.7 Å². The highest BCUT2D eigenvalue weighted by Crippen LogP contribution is 2.37. The predicted molar refractivity (Wildman–Crippen MR) is 130 cm³/mol. The number of hydrogen-bond acceptors (Lipinski definition) is 2. The number of anilines is 1. The summed E-state index contributed by atoms with van der Waals surface area (Å²) in [4.78, 5) is 19.2. The summed E-state index contributed by atoms with van der Waals surface area (Å²) < 4.78 is 2.22. The maximum atomic E-state index is 12.8. The molecule has 0 aliphatic carbocycles. The minimum atomic E-state index is -0.402. The number of nitrogens with two attached hydrogens (primary N) is 1. The zero-order chi connectivity index (χ0) is 22.5. The molecular formula is C26H36N4O. The van der Waals surface area contributed by atoms with E-state index in [2.05, 4.69) is 80.7 Å². The fraction of sp³-hybridized carbons (Fsp3) is 0.462. The van der Waals surface area contributed by atoms with Crippen LogP contribution in [0.3, 0.4) is 0 Å². The maximum Gasteiger partial charge on any atom is 0.319 e. The Kier molecular flexibility index (Phi) is 7.37. The number of carbonyl (C=O) groups is 1. The monoisotopic (exact) mass is 420 g/mol. The van der Waals surface area contributed by atoms with E-state index in [-0.39, 0.29) is 6.04 Å². The summed E-state index contributed by atoms with van der Waals surface area (Å²) in [5.41, 5.74) is 10.3. The number of unbranched alkanes of at least 4 members (excludes halogenated alkanes) is 1. The lowest BCUT2D eigenvalue weighted by Gasteiger charge is -2.32. The van der Waals surface area contributed by atoms with Crippen molar-refractivity contribution in [2.24, 2.45) is 5.73 Å². The lowest BCUT2D eigenvalue weighted by Crippen LogP contribution is -2.41. The van der Waals surface area contributed by atoms with Crippen molar-refractivity contribution >= 4 is 22.8 Å². The lowest BCUT2D eigenvalue weighted by atomic mass is 9.91. The van der Waals surface area contributed by atoms with Crippen LogP contribution in [-0.2, 0) is 0 Å². The number of pyridine rings is 1. The highest BCUT2D eigenvalue weighted by Gasteiger charge is 2.26. The second-order valence-electron chi connectivity index (χ2n) is 8.98. The molecule has 3 aromatic rings. The Hall–Kier alpha value is -2.82. The van der Waals surface area contributed by atoms with Crippen molar-refractivity contribution in [2.45, 2.75) is 71.8 Å². The molecule has 2 heterocycles. The highest BCUT2D eigenvalue weighted by molar-refractivity contribution is 5.93. The average Bonchev–Trinajstić information content (AvgIpc) is 3.17. The highest BCUT2D eigenvalue weighted by atomic mass is 16.2. The molecule has 3 rings (SSSR count). The number of fused-ring (bicyclic) bond motifs is 1. The molecule has 0 saturated heterocycles. The number of benzene rings is 1. The number of carbonyl (C=O) groups excluding carboxylic acids is 1. The van der Waals surface area contributed by atoms with Crippen LogP contribution in [-0.4, -0.2) is 22.1 Å².